The highest BCUT2D eigenvalue weighted by Gasteiger charge is 2.37. The van der Waals surface area contributed by atoms with E-state index in [-0.39, 0.29) is 40.6 Å². The van der Waals surface area contributed by atoms with Crippen LogP contribution in [0.15, 0.2) is 28.7 Å². The summed E-state index contributed by atoms with van der Waals surface area (Å²) in [6.07, 6.45) is 3.04. The van der Waals surface area contributed by atoms with Gasteiger partial charge in [0.15, 0.2) is 5.76 Å². The summed E-state index contributed by atoms with van der Waals surface area (Å²) >= 11 is 0. The van der Waals surface area contributed by atoms with E-state index in [4.69, 9.17) is 4.42 Å². The Morgan fingerprint density at radius 3 is 2.23 bits per heavy atom. The third-order valence-corrected chi connectivity index (χ3v) is 7.09. The average Bonchev–Trinajstić information content (AvgIpc) is 3.12. The van der Waals surface area contributed by atoms with Crippen molar-refractivity contribution in [2.24, 2.45) is 5.41 Å². The summed E-state index contributed by atoms with van der Waals surface area (Å²) in [5, 5.41) is 12.5. The van der Waals surface area contributed by atoms with E-state index < -0.39 is 0 Å². The van der Waals surface area contributed by atoms with E-state index in [1.807, 2.05) is 26.8 Å². The molecule has 170 valence electrons. The van der Waals surface area contributed by atoms with Gasteiger partial charge in [0.05, 0.1) is 12.6 Å². The number of amides is 1. The lowest BCUT2D eigenvalue weighted by Crippen LogP contribution is -2.46. The average molecular weight is 426 g/mol. The van der Waals surface area contributed by atoms with Crippen molar-refractivity contribution < 1.29 is 14.3 Å². The number of fused-ring (bicyclic) bond motifs is 1. The second-order valence-electron chi connectivity index (χ2n) is 11.6. The molecule has 0 bridgehead atoms. The molecule has 1 heterocycles. The normalized spacial score (nSPS) is 18.4. The molecule has 0 saturated heterocycles. The molecule has 1 unspecified atom stereocenters. The van der Waals surface area contributed by atoms with Gasteiger partial charge in [-0.25, -0.2) is 0 Å². The number of aryl methyl sites for hydroxylation is 1. The second kappa shape index (κ2) is 8.12. The zero-order chi connectivity index (χ0) is 23.2. The Kier molecular flexibility index (Phi) is 6.18. The molecule has 3 rings (SSSR count). The van der Waals surface area contributed by atoms with Crippen LogP contribution in [0.25, 0.3) is 0 Å². The van der Waals surface area contributed by atoms with Crippen molar-refractivity contribution in [3.63, 3.8) is 0 Å². The van der Waals surface area contributed by atoms with Crippen molar-refractivity contribution in [3.05, 3.63) is 58.0 Å². The first-order valence-electron chi connectivity index (χ1n) is 11.4. The monoisotopic (exact) mass is 425 g/mol. The minimum absolute atomic E-state index is 0.108. The molecule has 1 aromatic carbocycles. The van der Waals surface area contributed by atoms with Crippen LogP contribution in [0.1, 0.15) is 99.9 Å². The number of nitrogens with one attached hydrogen (secondary N) is 1. The van der Waals surface area contributed by atoms with E-state index >= 15 is 0 Å². The highest BCUT2D eigenvalue weighted by molar-refractivity contribution is 5.91. The smallest absolute Gasteiger partial charge is 0.287 e. The molecular weight excluding hydrogens is 386 g/mol. The molecular formula is C27H39NO3. The second-order valence-corrected chi connectivity index (χ2v) is 11.6. The Morgan fingerprint density at radius 1 is 1.10 bits per heavy atom. The molecule has 31 heavy (non-hydrogen) atoms. The van der Waals surface area contributed by atoms with Crippen molar-refractivity contribution >= 4 is 5.91 Å². The van der Waals surface area contributed by atoms with Crippen molar-refractivity contribution in [2.45, 2.75) is 91.5 Å². The Bertz CT molecular complexity index is 959. The van der Waals surface area contributed by atoms with Gasteiger partial charge in [0.25, 0.3) is 5.91 Å². The summed E-state index contributed by atoms with van der Waals surface area (Å²) in [7, 11) is 0. The molecule has 1 amide bonds. The summed E-state index contributed by atoms with van der Waals surface area (Å²) in [4.78, 5) is 12.6. The maximum Gasteiger partial charge on any atom is 0.287 e. The van der Waals surface area contributed by atoms with Crippen molar-refractivity contribution in [1.82, 2.24) is 5.32 Å². The van der Waals surface area contributed by atoms with E-state index in [1.165, 1.54) is 35.1 Å². The van der Waals surface area contributed by atoms with Crippen LogP contribution in [-0.4, -0.2) is 23.7 Å². The van der Waals surface area contributed by atoms with E-state index in [1.54, 1.807) is 6.07 Å². The SMILES string of the molecule is Cc1cc2c(cc1Cc1ccc(C(=O)NC(CO)C(C)(C)C)o1)C(C)(C)CCC2(C)C. The van der Waals surface area contributed by atoms with Crippen LogP contribution in [0, 0.1) is 12.3 Å². The molecule has 0 aliphatic heterocycles. The number of hydrogen-bond acceptors (Lipinski definition) is 3. The molecule has 1 atom stereocenters. The van der Waals surface area contributed by atoms with Gasteiger partial charge in [0, 0.05) is 6.42 Å². The van der Waals surface area contributed by atoms with E-state index in [0.29, 0.717) is 6.42 Å². The maximum absolute atomic E-state index is 12.6. The first kappa shape index (κ1) is 23.6. The fourth-order valence-electron chi connectivity index (χ4n) is 4.51. The minimum Gasteiger partial charge on any atom is -0.456 e. The van der Waals surface area contributed by atoms with Crippen LogP contribution >= 0.6 is 0 Å². The molecule has 1 aliphatic rings. The van der Waals surface area contributed by atoms with Gasteiger partial charge in [-0.2, -0.15) is 0 Å². The number of aliphatic hydroxyl groups excluding tert-OH is 1. The predicted molar refractivity (Wildman–Crippen MR) is 126 cm³/mol. The number of aliphatic hydroxyl groups is 1. The van der Waals surface area contributed by atoms with Crippen LogP contribution < -0.4 is 5.32 Å². The number of furan rings is 1. The highest BCUT2D eigenvalue weighted by Crippen LogP contribution is 2.46. The fraction of sp³-hybridized carbons (Fsp3) is 0.593. The quantitative estimate of drug-likeness (QED) is 0.649. The van der Waals surface area contributed by atoms with Gasteiger partial charge < -0.3 is 14.8 Å². The molecule has 2 N–H and O–H groups in total. The molecule has 1 aliphatic carbocycles. The summed E-state index contributed by atoms with van der Waals surface area (Å²) in [6.45, 7) is 17.4. The van der Waals surface area contributed by atoms with Crippen LogP contribution in [0.4, 0.5) is 0 Å². The summed E-state index contributed by atoms with van der Waals surface area (Å²) in [5.41, 5.74) is 5.52. The van der Waals surface area contributed by atoms with Crippen LogP contribution in [0.5, 0.6) is 0 Å². The largest absolute Gasteiger partial charge is 0.456 e. The van der Waals surface area contributed by atoms with Gasteiger partial charge in [-0.1, -0.05) is 60.6 Å². The molecule has 0 fully saturated rings. The summed E-state index contributed by atoms with van der Waals surface area (Å²) in [6, 6.07) is 7.99. The first-order valence-corrected chi connectivity index (χ1v) is 11.4. The lowest BCUT2D eigenvalue weighted by atomic mass is 9.62. The Balaban J connectivity index is 1.83. The van der Waals surface area contributed by atoms with E-state index in [0.717, 1.165) is 5.76 Å². The number of carbonyl (C=O) groups is 1. The third-order valence-electron chi connectivity index (χ3n) is 7.09. The Labute approximate surface area is 187 Å². The molecule has 0 radical (unpaired) electrons. The van der Waals surface area contributed by atoms with Gasteiger partial charge in [0.1, 0.15) is 5.76 Å². The van der Waals surface area contributed by atoms with Crippen LogP contribution in [0.3, 0.4) is 0 Å². The zero-order valence-electron chi connectivity index (χ0n) is 20.5. The van der Waals surface area contributed by atoms with E-state index in [9.17, 15) is 9.90 Å². The third kappa shape index (κ3) is 4.90. The highest BCUT2D eigenvalue weighted by atomic mass is 16.3. The van der Waals surface area contributed by atoms with Crippen LogP contribution in [0.2, 0.25) is 0 Å². The molecule has 1 aromatic heterocycles. The van der Waals surface area contributed by atoms with Crippen molar-refractivity contribution in [2.75, 3.05) is 6.61 Å². The minimum atomic E-state index is -0.331. The lowest BCUT2D eigenvalue weighted by Gasteiger charge is -2.42. The van der Waals surface area contributed by atoms with Crippen molar-refractivity contribution in [3.8, 4) is 0 Å². The Morgan fingerprint density at radius 2 is 1.68 bits per heavy atom. The predicted octanol–water partition coefficient (Wildman–Crippen LogP) is 5.66. The van der Waals surface area contributed by atoms with Gasteiger partial charge in [-0.15, -0.1) is 0 Å². The number of carbonyl (C=O) groups excluding carboxylic acids is 1. The van der Waals surface area contributed by atoms with Crippen LogP contribution in [-0.2, 0) is 17.3 Å². The molecule has 0 spiro atoms. The zero-order valence-corrected chi connectivity index (χ0v) is 20.5. The first-order chi connectivity index (χ1) is 14.2. The van der Waals surface area contributed by atoms with Gasteiger partial charge in [-0.3, -0.25) is 4.79 Å². The summed E-state index contributed by atoms with van der Waals surface area (Å²) in [5.74, 6) is 0.775. The molecule has 4 nitrogen and oxygen atoms in total. The molecule has 0 saturated carbocycles. The fourth-order valence-corrected chi connectivity index (χ4v) is 4.51. The molecule has 4 heteroatoms. The maximum atomic E-state index is 12.6. The Hall–Kier alpha value is -2.07. The molecule has 2 aromatic rings. The van der Waals surface area contributed by atoms with Gasteiger partial charge in [0.2, 0.25) is 0 Å². The number of benzene rings is 1. The van der Waals surface area contributed by atoms with Gasteiger partial charge >= 0.3 is 0 Å². The van der Waals surface area contributed by atoms with E-state index in [2.05, 4.69) is 52.1 Å². The van der Waals surface area contributed by atoms with Gasteiger partial charge in [-0.05, 0) is 70.4 Å². The van der Waals surface area contributed by atoms with Crippen molar-refractivity contribution in [1.29, 1.82) is 0 Å². The number of hydrogen-bond donors (Lipinski definition) is 2. The topological polar surface area (TPSA) is 62.5 Å². The standard InChI is InChI=1S/C27H39NO3/c1-17-13-20-21(27(7,8)12-11-26(20,5)6)15-18(17)14-19-9-10-22(31-19)24(30)28-23(16-29)25(2,3)4/h9-10,13,15,23,29H,11-12,14,16H2,1-8H3,(H,28,30). The lowest BCUT2D eigenvalue weighted by molar-refractivity contribution is 0.0819. The number of rotatable bonds is 5. The summed E-state index contributed by atoms with van der Waals surface area (Å²) < 4.78 is 5.91.